The van der Waals surface area contributed by atoms with E-state index in [1.807, 2.05) is 43.3 Å². The lowest BCUT2D eigenvalue weighted by Crippen LogP contribution is -2.38. The fourth-order valence-electron chi connectivity index (χ4n) is 6.64. The molecule has 2 aromatic carbocycles. The molecule has 1 amide bonds. The molecule has 232 valence electrons. The van der Waals surface area contributed by atoms with Crippen molar-refractivity contribution in [2.45, 2.75) is 75.3 Å². The Bertz CT molecular complexity index is 1500. The Morgan fingerprint density at radius 1 is 0.977 bits per heavy atom. The number of benzene rings is 2. The van der Waals surface area contributed by atoms with Crippen molar-refractivity contribution >= 4 is 28.8 Å². The molecule has 2 heterocycles. The van der Waals surface area contributed by atoms with Gasteiger partial charge in [0.2, 0.25) is 11.9 Å². The summed E-state index contributed by atoms with van der Waals surface area (Å²) in [6.07, 6.45) is 3.28. The second-order valence-corrected chi connectivity index (χ2v) is 12.0. The summed E-state index contributed by atoms with van der Waals surface area (Å²) in [6.45, 7) is 2.85. The van der Waals surface area contributed by atoms with Crippen LogP contribution in [0.3, 0.4) is 0 Å². The summed E-state index contributed by atoms with van der Waals surface area (Å²) in [7, 11) is 0. The normalized spacial score (nSPS) is 25.3. The van der Waals surface area contributed by atoms with Crippen LogP contribution < -0.4 is 21.7 Å². The van der Waals surface area contributed by atoms with Gasteiger partial charge >= 0.3 is 0 Å². The monoisotopic (exact) mass is 598 g/mol. The third-order valence-electron chi connectivity index (χ3n) is 9.10. The lowest BCUT2D eigenvalue weighted by molar-refractivity contribution is -0.128. The first-order valence-electron chi connectivity index (χ1n) is 15.7. The molecule has 11 heteroatoms. The highest BCUT2D eigenvalue weighted by molar-refractivity contribution is 5.85. The van der Waals surface area contributed by atoms with Gasteiger partial charge in [-0.15, -0.1) is 0 Å². The van der Waals surface area contributed by atoms with E-state index in [4.69, 9.17) is 15.7 Å². The number of anilines is 2. The van der Waals surface area contributed by atoms with Gasteiger partial charge in [-0.25, -0.2) is 4.98 Å². The zero-order chi connectivity index (χ0) is 30.6. The van der Waals surface area contributed by atoms with E-state index >= 15 is 0 Å². The van der Waals surface area contributed by atoms with Crippen molar-refractivity contribution in [3.05, 3.63) is 78.1 Å². The number of aromatic nitrogens is 4. The van der Waals surface area contributed by atoms with Crippen molar-refractivity contribution in [3.63, 3.8) is 0 Å². The third kappa shape index (κ3) is 6.26. The molecule has 0 bridgehead atoms. The number of aliphatic hydroxyl groups is 2. The van der Waals surface area contributed by atoms with Gasteiger partial charge in [0.05, 0.1) is 24.4 Å². The average molecular weight is 599 g/mol. The van der Waals surface area contributed by atoms with Gasteiger partial charge in [0.15, 0.2) is 17.0 Å². The number of hydrogen-bond acceptors (Lipinski definition) is 9. The minimum Gasteiger partial charge on any atom is -0.390 e. The van der Waals surface area contributed by atoms with Gasteiger partial charge in [0.25, 0.3) is 0 Å². The highest BCUT2D eigenvalue weighted by atomic mass is 16.3. The van der Waals surface area contributed by atoms with Crippen LogP contribution in [0.2, 0.25) is 0 Å². The first-order chi connectivity index (χ1) is 21.4. The lowest BCUT2D eigenvalue weighted by Gasteiger charge is -2.27. The molecule has 2 aromatic heterocycles. The maximum absolute atomic E-state index is 12.7. The molecular formula is C33H42N8O3. The molecule has 44 heavy (non-hydrogen) atoms. The van der Waals surface area contributed by atoms with Crippen LogP contribution in [0.25, 0.3) is 11.2 Å². The quantitative estimate of drug-likeness (QED) is 0.161. The van der Waals surface area contributed by atoms with E-state index in [-0.39, 0.29) is 30.3 Å². The molecule has 11 nitrogen and oxygen atoms in total. The van der Waals surface area contributed by atoms with E-state index < -0.39 is 24.2 Å². The van der Waals surface area contributed by atoms with E-state index in [0.29, 0.717) is 36.0 Å². The Balaban J connectivity index is 1.34. The average Bonchev–Trinajstić information content (AvgIpc) is 3.59. The van der Waals surface area contributed by atoms with Crippen LogP contribution in [0.15, 0.2) is 67.0 Å². The molecule has 2 saturated carbocycles. The molecule has 0 spiro atoms. The largest absolute Gasteiger partial charge is 0.390 e. The molecule has 2 aliphatic rings. The standard InChI is InChI=1S/C33H42N8O3/c1-2-35-32(44)24-17-26(29(43)28(24)42)41-19-37-27-30(39-33(40-31(27)41)38-23-15-13-22(34)14-16-23)36-18-25(20-9-5-3-6-10-20)21-11-7-4-8-12-21/h3-12,19,22-26,28-29,42-43H,2,13-18,34H2,1H3,(H,35,44)(H2,36,38,39,40). The molecule has 0 aliphatic heterocycles. The summed E-state index contributed by atoms with van der Waals surface area (Å²) < 4.78 is 1.78. The summed E-state index contributed by atoms with van der Waals surface area (Å²) in [6, 6.07) is 20.6. The molecule has 4 aromatic rings. The zero-order valence-corrected chi connectivity index (χ0v) is 25.0. The summed E-state index contributed by atoms with van der Waals surface area (Å²) in [4.78, 5) is 27.1. The fourth-order valence-corrected chi connectivity index (χ4v) is 6.64. The van der Waals surface area contributed by atoms with Crippen molar-refractivity contribution in [2.24, 2.45) is 11.7 Å². The molecule has 4 atom stereocenters. The molecule has 7 N–H and O–H groups in total. The molecule has 2 aliphatic carbocycles. The number of fused-ring (bicyclic) bond motifs is 1. The number of rotatable bonds is 10. The van der Waals surface area contributed by atoms with E-state index in [1.165, 1.54) is 11.1 Å². The number of carbonyl (C=O) groups excluding carboxylic acids is 1. The summed E-state index contributed by atoms with van der Waals surface area (Å²) in [5, 5.41) is 31.7. The number of nitrogens with one attached hydrogen (secondary N) is 3. The van der Waals surface area contributed by atoms with Gasteiger partial charge in [-0.1, -0.05) is 60.7 Å². The summed E-state index contributed by atoms with van der Waals surface area (Å²) in [5.41, 5.74) is 9.60. The predicted octanol–water partition coefficient (Wildman–Crippen LogP) is 3.17. The van der Waals surface area contributed by atoms with Gasteiger partial charge < -0.3 is 36.5 Å². The molecule has 0 saturated heterocycles. The number of carbonyl (C=O) groups is 1. The second kappa shape index (κ2) is 13.3. The number of imidazole rings is 1. The van der Waals surface area contributed by atoms with Crippen molar-refractivity contribution in [3.8, 4) is 0 Å². The Morgan fingerprint density at radius 3 is 2.27 bits per heavy atom. The van der Waals surface area contributed by atoms with Crippen LogP contribution in [-0.2, 0) is 4.79 Å². The fraction of sp³-hybridized carbons (Fsp3) is 0.455. The topological polar surface area (TPSA) is 163 Å². The first kappa shape index (κ1) is 30.0. The Morgan fingerprint density at radius 2 is 1.64 bits per heavy atom. The molecule has 4 unspecified atom stereocenters. The summed E-state index contributed by atoms with van der Waals surface area (Å²) >= 11 is 0. The number of amides is 1. The van der Waals surface area contributed by atoms with Gasteiger partial charge in [0.1, 0.15) is 6.10 Å². The van der Waals surface area contributed by atoms with E-state index in [2.05, 4.69) is 45.2 Å². The van der Waals surface area contributed by atoms with E-state index in [1.54, 1.807) is 10.9 Å². The Labute approximate surface area is 257 Å². The number of hydrogen-bond donors (Lipinski definition) is 6. The summed E-state index contributed by atoms with van der Waals surface area (Å²) in [5.74, 6) is 0.105. The smallest absolute Gasteiger partial charge is 0.227 e. The number of nitrogens with zero attached hydrogens (tertiary/aromatic N) is 4. The van der Waals surface area contributed by atoms with Gasteiger partial charge in [-0.2, -0.15) is 9.97 Å². The zero-order valence-electron chi connectivity index (χ0n) is 25.0. The lowest BCUT2D eigenvalue weighted by atomic mass is 9.91. The third-order valence-corrected chi connectivity index (χ3v) is 9.10. The van der Waals surface area contributed by atoms with E-state index in [9.17, 15) is 15.0 Å². The van der Waals surface area contributed by atoms with Crippen molar-refractivity contribution < 1.29 is 15.0 Å². The van der Waals surface area contributed by atoms with Crippen LogP contribution >= 0.6 is 0 Å². The van der Waals surface area contributed by atoms with Crippen molar-refractivity contribution in [1.29, 1.82) is 0 Å². The minimum absolute atomic E-state index is 0.0605. The Hall–Kier alpha value is -4.06. The number of nitrogens with two attached hydrogens (primary N) is 1. The van der Waals surface area contributed by atoms with Gasteiger partial charge in [-0.05, 0) is 50.2 Å². The predicted molar refractivity (Wildman–Crippen MR) is 170 cm³/mol. The highest BCUT2D eigenvalue weighted by Crippen LogP contribution is 2.38. The van der Waals surface area contributed by atoms with Crippen LogP contribution in [0, 0.1) is 5.92 Å². The highest BCUT2D eigenvalue weighted by Gasteiger charge is 2.46. The SMILES string of the molecule is CCNC(=O)C1CC(n2cnc3c(NCC(c4ccccc4)c4ccccc4)nc(NC4CCC(N)CC4)nc32)C(O)C1O. The Kier molecular flexibility index (Phi) is 9.06. The van der Waals surface area contributed by atoms with Crippen LogP contribution in [-0.4, -0.2) is 73.0 Å². The van der Waals surface area contributed by atoms with Crippen LogP contribution in [0.5, 0.6) is 0 Å². The van der Waals surface area contributed by atoms with Gasteiger partial charge in [-0.3, -0.25) is 4.79 Å². The van der Waals surface area contributed by atoms with Gasteiger partial charge in [0, 0.05) is 31.1 Å². The van der Waals surface area contributed by atoms with Crippen LogP contribution in [0.1, 0.15) is 62.1 Å². The molecule has 2 fully saturated rings. The van der Waals surface area contributed by atoms with Crippen molar-refractivity contribution in [2.75, 3.05) is 23.7 Å². The first-order valence-corrected chi connectivity index (χ1v) is 15.7. The minimum atomic E-state index is -1.19. The number of aliphatic hydroxyl groups excluding tert-OH is 2. The maximum Gasteiger partial charge on any atom is 0.227 e. The molecule has 0 radical (unpaired) electrons. The second-order valence-electron chi connectivity index (χ2n) is 12.0. The molecule has 6 rings (SSSR count). The maximum atomic E-state index is 12.7. The van der Waals surface area contributed by atoms with E-state index in [0.717, 1.165) is 25.7 Å². The van der Waals surface area contributed by atoms with Crippen LogP contribution in [0.4, 0.5) is 11.8 Å². The molecular weight excluding hydrogens is 556 g/mol. The van der Waals surface area contributed by atoms with Crippen molar-refractivity contribution in [1.82, 2.24) is 24.8 Å².